The fourth-order valence-electron chi connectivity index (χ4n) is 2.16. The molecule has 1 aromatic carbocycles. The number of imidazole rings is 1. The number of pyridine rings is 1. The zero-order valence-electron chi connectivity index (χ0n) is 10.2. The van der Waals surface area contributed by atoms with E-state index >= 15 is 0 Å². The van der Waals surface area contributed by atoms with E-state index in [2.05, 4.69) is 20.9 Å². The van der Waals surface area contributed by atoms with Gasteiger partial charge in [-0.2, -0.15) is 0 Å². The summed E-state index contributed by atoms with van der Waals surface area (Å²) >= 11 is 9.69. The molecular formula is C14H11BrClN3. The molecule has 0 aliphatic heterocycles. The molecule has 19 heavy (non-hydrogen) atoms. The molecule has 0 saturated carbocycles. The van der Waals surface area contributed by atoms with Crippen LogP contribution in [0.3, 0.4) is 0 Å². The number of fused-ring (bicyclic) bond motifs is 1. The Hall–Kier alpha value is -1.52. The van der Waals surface area contributed by atoms with E-state index in [4.69, 9.17) is 17.3 Å². The van der Waals surface area contributed by atoms with Gasteiger partial charge in [-0.15, -0.1) is 0 Å². The van der Waals surface area contributed by atoms with Gasteiger partial charge in [0.05, 0.1) is 5.02 Å². The van der Waals surface area contributed by atoms with Crippen molar-refractivity contribution in [2.75, 3.05) is 5.73 Å². The fraction of sp³-hybridized carbons (Fsp3) is 0.0714. The predicted molar refractivity (Wildman–Crippen MR) is 82.5 cm³/mol. The van der Waals surface area contributed by atoms with Crippen molar-refractivity contribution >= 4 is 39.0 Å². The van der Waals surface area contributed by atoms with Gasteiger partial charge in [0.1, 0.15) is 17.2 Å². The monoisotopic (exact) mass is 335 g/mol. The van der Waals surface area contributed by atoms with Gasteiger partial charge in [-0.1, -0.05) is 33.6 Å². The first-order chi connectivity index (χ1) is 9.08. The van der Waals surface area contributed by atoms with Crippen LogP contribution in [0.4, 0.5) is 5.82 Å². The molecule has 0 fully saturated rings. The Morgan fingerprint density at radius 2 is 2.05 bits per heavy atom. The molecule has 0 saturated heterocycles. The maximum atomic E-state index is 6.24. The van der Waals surface area contributed by atoms with Gasteiger partial charge >= 0.3 is 0 Å². The van der Waals surface area contributed by atoms with Crippen LogP contribution in [0.1, 0.15) is 5.69 Å². The van der Waals surface area contributed by atoms with Crippen molar-refractivity contribution in [3.63, 3.8) is 0 Å². The lowest BCUT2D eigenvalue weighted by Gasteiger charge is -2.04. The van der Waals surface area contributed by atoms with E-state index in [1.165, 1.54) is 0 Å². The minimum absolute atomic E-state index is 0.605. The van der Waals surface area contributed by atoms with Crippen LogP contribution in [0.2, 0.25) is 5.02 Å². The second-order valence-electron chi connectivity index (χ2n) is 4.33. The quantitative estimate of drug-likeness (QED) is 0.719. The highest BCUT2D eigenvalue weighted by Gasteiger charge is 2.15. The van der Waals surface area contributed by atoms with Gasteiger partial charge in [-0.3, -0.25) is 4.40 Å². The summed E-state index contributed by atoms with van der Waals surface area (Å²) in [5.74, 6) is 0.605. The maximum Gasteiger partial charge on any atom is 0.139 e. The number of aromatic nitrogens is 2. The summed E-state index contributed by atoms with van der Waals surface area (Å²) < 4.78 is 2.87. The largest absolute Gasteiger partial charge is 0.383 e. The number of nitrogens with zero attached hydrogens (tertiary/aromatic N) is 2. The number of rotatable bonds is 1. The van der Waals surface area contributed by atoms with Crippen LogP contribution < -0.4 is 5.73 Å². The number of nitrogens with two attached hydrogens (primary N) is 1. The molecule has 3 rings (SSSR count). The Kier molecular flexibility index (Phi) is 2.99. The summed E-state index contributed by atoms with van der Waals surface area (Å²) in [6, 6.07) is 11.5. The SMILES string of the molecule is Cc1cccc2nc(-c3cc(Br)ccc3Cl)c(N)n12. The van der Waals surface area contributed by atoms with Gasteiger partial charge in [0.2, 0.25) is 0 Å². The van der Waals surface area contributed by atoms with Gasteiger partial charge in [0.25, 0.3) is 0 Å². The smallest absolute Gasteiger partial charge is 0.139 e. The molecular weight excluding hydrogens is 326 g/mol. The fourth-order valence-corrected chi connectivity index (χ4v) is 2.73. The summed E-state index contributed by atoms with van der Waals surface area (Å²) in [5, 5.41) is 0.635. The molecule has 0 amide bonds. The van der Waals surface area contributed by atoms with Crippen LogP contribution in [0, 0.1) is 6.92 Å². The lowest BCUT2D eigenvalue weighted by Crippen LogP contribution is -1.97. The van der Waals surface area contributed by atoms with E-state index in [0.29, 0.717) is 16.5 Å². The summed E-state index contributed by atoms with van der Waals surface area (Å²) in [7, 11) is 0. The zero-order valence-corrected chi connectivity index (χ0v) is 12.5. The highest BCUT2D eigenvalue weighted by Crippen LogP contribution is 2.34. The molecule has 5 heteroatoms. The lowest BCUT2D eigenvalue weighted by molar-refractivity contribution is 1.10. The summed E-state index contributed by atoms with van der Waals surface area (Å²) in [4.78, 5) is 4.58. The molecule has 0 unspecified atom stereocenters. The molecule has 3 nitrogen and oxygen atoms in total. The number of halogens is 2. The Bertz CT molecular complexity index is 780. The minimum atomic E-state index is 0.605. The van der Waals surface area contributed by atoms with Crippen LogP contribution in [0.15, 0.2) is 40.9 Å². The molecule has 0 atom stereocenters. The number of hydrogen-bond donors (Lipinski definition) is 1. The van der Waals surface area contributed by atoms with E-state index < -0.39 is 0 Å². The molecule has 2 heterocycles. The molecule has 96 valence electrons. The first kappa shape index (κ1) is 12.5. The van der Waals surface area contributed by atoms with Crippen molar-refractivity contribution in [1.29, 1.82) is 0 Å². The number of hydrogen-bond acceptors (Lipinski definition) is 2. The van der Waals surface area contributed by atoms with Crippen molar-refractivity contribution < 1.29 is 0 Å². The Labute approximate surface area is 124 Å². The third-order valence-corrected chi connectivity index (χ3v) is 3.88. The van der Waals surface area contributed by atoms with Crippen molar-refractivity contribution in [2.24, 2.45) is 0 Å². The second-order valence-corrected chi connectivity index (χ2v) is 5.65. The Morgan fingerprint density at radius 3 is 2.79 bits per heavy atom. The van der Waals surface area contributed by atoms with Crippen molar-refractivity contribution in [1.82, 2.24) is 9.38 Å². The van der Waals surface area contributed by atoms with Gasteiger partial charge in [-0.05, 0) is 37.3 Å². The highest BCUT2D eigenvalue weighted by molar-refractivity contribution is 9.10. The van der Waals surface area contributed by atoms with Crippen molar-refractivity contribution in [2.45, 2.75) is 6.92 Å². The molecule has 0 aliphatic rings. The molecule has 0 radical (unpaired) electrons. The van der Waals surface area contributed by atoms with E-state index in [9.17, 15) is 0 Å². The molecule has 0 bridgehead atoms. The number of nitrogen functional groups attached to an aromatic ring is 1. The van der Waals surface area contributed by atoms with Gasteiger partial charge in [0.15, 0.2) is 0 Å². The molecule has 0 aliphatic carbocycles. The summed E-state index contributed by atoms with van der Waals surface area (Å²) in [5.41, 5.74) is 9.62. The highest BCUT2D eigenvalue weighted by atomic mass is 79.9. The molecule has 2 N–H and O–H groups in total. The first-order valence-electron chi connectivity index (χ1n) is 5.77. The van der Waals surface area contributed by atoms with Crippen LogP contribution >= 0.6 is 27.5 Å². The molecule has 0 spiro atoms. The number of benzene rings is 1. The molecule has 2 aromatic heterocycles. The third kappa shape index (κ3) is 2.01. The first-order valence-corrected chi connectivity index (χ1v) is 6.94. The van der Waals surface area contributed by atoms with Crippen LogP contribution in [-0.4, -0.2) is 9.38 Å². The average Bonchev–Trinajstić information content (AvgIpc) is 2.71. The third-order valence-electron chi connectivity index (χ3n) is 3.06. The number of aryl methyl sites for hydroxylation is 1. The van der Waals surface area contributed by atoms with Crippen LogP contribution in [0.5, 0.6) is 0 Å². The van der Waals surface area contributed by atoms with E-state index in [-0.39, 0.29) is 0 Å². The normalized spacial score (nSPS) is 11.1. The second kappa shape index (κ2) is 4.54. The zero-order chi connectivity index (χ0) is 13.6. The lowest BCUT2D eigenvalue weighted by atomic mass is 10.1. The Morgan fingerprint density at radius 1 is 1.26 bits per heavy atom. The topological polar surface area (TPSA) is 43.3 Å². The van der Waals surface area contributed by atoms with Crippen LogP contribution in [-0.2, 0) is 0 Å². The standard InChI is InChI=1S/C14H11BrClN3/c1-8-3-2-4-12-18-13(14(17)19(8)12)10-7-9(15)5-6-11(10)16/h2-7H,17H2,1H3. The molecule has 3 aromatic rings. The van der Waals surface area contributed by atoms with E-state index in [1.807, 2.05) is 47.7 Å². The summed E-state index contributed by atoms with van der Waals surface area (Å²) in [6.45, 7) is 2.00. The van der Waals surface area contributed by atoms with E-state index in [0.717, 1.165) is 21.4 Å². The van der Waals surface area contributed by atoms with Gasteiger partial charge in [0, 0.05) is 15.7 Å². The van der Waals surface area contributed by atoms with Gasteiger partial charge in [-0.25, -0.2) is 4.98 Å². The average molecular weight is 337 g/mol. The maximum absolute atomic E-state index is 6.24. The number of anilines is 1. The minimum Gasteiger partial charge on any atom is -0.383 e. The van der Waals surface area contributed by atoms with Crippen molar-refractivity contribution in [3.8, 4) is 11.3 Å². The van der Waals surface area contributed by atoms with Crippen LogP contribution in [0.25, 0.3) is 16.9 Å². The van der Waals surface area contributed by atoms with Crippen molar-refractivity contribution in [3.05, 3.63) is 51.6 Å². The van der Waals surface area contributed by atoms with Gasteiger partial charge < -0.3 is 5.73 Å². The predicted octanol–water partition coefficient (Wildman–Crippen LogP) is 4.31. The summed E-state index contributed by atoms with van der Waals surface area (Å²) in [6.07, 6.45) is 0. The Balaban J connectivity index is 2.34. The van der Waals surface area contributed by atoms with E-state index in [1.54, 1.807) is 0 Å².